The van der Waals surface area contributed by atoms with Gasteiger partial charge < -0.3 is 18.9 Å². The summed E-state index contributed by atoms with van der Waals surface area (Å²) < 4.78 is 22.8. The fraction of sp³-hybridized carbons (Fsp3) is 0.846. The number of carbonyl (C=O) groups excluding carboxylic acids is 4. The lowest BCUT2D eigenvalue weighted by Crippen LogP contribution is -2.58. The van der Waals surface area contributed by atoms with Crippen LogP contribution in [0.5, 0.6) is 0 Å². The summed E-state index contributed by atoms with van der Waals surface area (Å²) in [5.41, 5.74) is -2.10. The molecule has 2 rings (SSSR count). The Labute approximate surface area is 209 Å². The minimum atomic E-state index is -1.31. The molecule has 0 aromatic heterocycles. The lowest BCUT2D eigenvalue weighted by atomic mass is 9.70. The summed E-state index contributed by atoms with van der Waals surface area (Å²) in [6, 6.07) is -0.734. The second kappa shape index (κ2) is 10.9. The molecule has 0 aromatic carbocycles. The monoisotopic (exact) mass is 497 g/mol. The smallest absolute Gasteiger partial charge is 0.412 e. The van der Waals surface area contributed by atoms with Crippen LogP contribution < -0.4 is 0 Å². The van der Waals surface area contributed by atoms with Crippen LogP contribution in [0.2, 0.25) is 0 Å². The third kappa shape index (κ3) is 5.26. The van der Waals surface area contributed by atoms with E-state index in [0.29, 0.717) is 12.8 Å². The van der Waals surface area contributed by atoms with E-state index in [9.17, 15) is 19.2 Å². The highest BCUT2D eigenvalue weighted by Gasteiger charge is 2.60. The molecular formula is C26H43NO8. The zero-order valence-electron chi connectivity index (χ0n) is 22.9. The van der Waals surface area contributed by atoms with Crippen molar-refractivity contribution in [1.29, 1.82) is 0 Å². The van der Waals surface area contributed by atoms with Gasteiger partial charge in [-0.2, -0.15) is 0 Å². The molecule has 2 aliphatic heterocycles. The Morgan fingerprint density at radius 3 is 2.09 bits per heavy atom. The van der Waals surface area contributed by atoms with Crippen LogP contribution in [-0.4, -0.2) is 72.8 Å². The summed E-state index contributed by atoms with van der Waals surface area (Å²) in [4.78, 5) is 54.5. The molecular weight excluding hydrogens is 454 g/mol. The predicted molar refractivity (Wildman–Crippen MR) is 128 cm³/mol. The third-order valence-corrected chi connectivity index (χ3v) is 8.53. The van der Waals surface area contributed by atoms with Gasteiger partial charge in [-0.1, -0.05) is 34.6 Å². The molecule has 2 aliphatic rings. The van der Waals surface area contributed by atoms with Crippen molar-refractivity contribution in [2.45, 2.75) is 91.6 Å². The molecule has 9 heteroatoms. The van der Waals surface area contributed by atoms with Crippen LogP contribution >= 0.6 is 0 Å². The zero-order valence-corrected chi connectivity index (χ0v) is 22.9. The number of hydrogen-bond acceptors (Lipinski definition) is 8. The van der Waals surface area contributed by atoms with Gasteiger partial charge in [0.15, 0.2) is 5.60 Å². The summed E-state index contributed by atoms with van der Waals surface area (Å²) in [5, 5.41) is 0. The minimum Gasteiger partial charge on any atom is -0.458 e. The van der Waals surface area contributed by atoms with Gasteiger partial charge in [0.2, 0.25) is 0 Å². The highest BCUT2D eigenvalue weighted by molar-refractivity contribution is 6.00. The van der Waals surface area contributed by atoms with E-state index >= 15 is 0 Å². The van der Waals surface area contributed by atoms with E-state index in [2.05, 4.69) is 0 Å². The molecule has 0 spiro atoms. The van der Waals surface area contributed by atoms with E-state index in [1.54, 1.807) is 34.8 Å². The first-order chi connectivity index (χ1) is 16.2. The molecule has 2 fully saturated rings. The average Bonchev–Trinajstić information content (AvgIpc) is 3.08. The van der Waals surface area contributed by atoms with Crippen molar-refractivity contribution in [1.82, 2.24) is 4.90 Å². The number of Topliss-reactive ketones (excluding diaryl/α,β-unsaturated/α-hetero) is 2. The van der Waals surface area contributed by atoms with Gasteiger partial charge in [0.05, 0.1) is 11.6 Å². The first-order valence-corrected chi connectivity index (χ1v) is 12.5. The molecule has 0 unspecified atom stereocenters. The molecule has 0 radical (unpaired) electrons. The summed E-state index contributed by atoms with van der Waals surface area (Å²) in [5.74, 6) is -3.83. The maximum absolute atomic E-state index is 13.8. The van der Waals surface area contributed by atoms with Crippen molar-refractivity contribution in [2.75, 3.05) is 21.0 Å². The first kappa shape index (κ1) is 29.2. The number of esters is 1. The van der Waals surface area contributed by atoms with E-state index in [1.807, 2.05) is 27.7 Å². The summed E-state index contributed by atoms with van der Waals surface area (Å²) >= 11 is 0. The van der Waals surface area contributed by atoms with Crippen molar-refractivity contribution >= 4 is 23.6 Å². The van der Waals surface area contributed by atoms with Gasteiger partial charge in [-0.15, -0.1) is 0 Å². The van der Waals surface area contributed by atoms with Crippen molar-refractivity contribution in [3.8, 4) is 0 Å². The molecule has 35 heavy (non-hydrogen) atoms. The van der Waals surface area contributed by atoms with Crippen LogP contribution in [0, 0.1) is 29.6 Å². The van der Waals surface area contributed by atoms with Gasteiger partial charge in [0, 0.05) is 32.0 Å². The zero-order chi connectivity index (χ0) is 26.9. The largest absolute Gasteiger partial charge is 0.458 e. The van der Waals surface area contributed by atoms with E-state index in [0.717, 1.165) is 0 Å². The maximum Gasteiger partial charge on any atom is 0.412 e. The van der Waals surface area contributed by atoms with Crippen LogP contribution in [0.1, 0.15) is 68.2 Å². The summed E-state index contributed by atoms with van der Waals surface area (Å²) in [6.45, 7) is 14.2. The van der Waals surface area contributed by atoms with Crippen LogP contribution in [0.4, 0.5) is 4.79 Å². The second-order valence-electron chi connectivity index (χ2n) is 10.7. The summed E-state index contributed by atoms with van der Waals surface area (Å²) in [7, 11) is 3.03. The Morgan fingerprint density at radius 2 is 1.57 bits per heavy atom. The highest BCUT2D eigenvalue weighted by atomic mass is 16.6. The molecule has 9 atom stereocenters. The highest BCUT2D eigenvalue weighted by Crippen LogP contribution is 2.42. The molecule has 0 aliphatic carbocycles. The van der Waals surface area contributed by atoms with Gasteiger partial charge in [-0.3, -0.25) is 19.3 Å². The molecule has 200 valence electrons. The number of ether oxygens (including phenoxy) is 4. The SMILES string of the molecule is CC[C@H]1OC(=O)[C@H](C)C(=O)[C@H](C)[C@@H](C)[C@](C)(OC)C[C@@H](C)C(=O)[C@H](C)[C@H]2N(COC)C(=O)O[C@]12C. The number of carbonyl (C=O) groups is 4. The van der Waals surface area contributed by atoms with E-state index in [4.69, 9.17) is 18.9 Å². The average molecular weight is 498 g/mol. The van der Waals surface area contributed by atoms with E-state index in [1.165, 1.54) is 12.0 Å². The maximum atomic E-state index is 13.8. The number of amides is 1. The van der Waals surface area contributed by atoms with Crippen molar-refractivity contribution in [3.05, 3.63) is 0 Å². The molecule has 0 N–H and O–H groups in total. The third-order valence-electron chi connectivity index (χ3n) is 8.53. The topological polar surface area (TPSA) is 108 Å². The Bertz CT molecular complexity index is 830. The molecule has 0 aromatic rings. The Hall–Kier alpha value is -2.00. The first-order valence-electron chi connectivity index (χ1n) is 12.5. The number of rotatable bonds is 4. The molecule has 0 saturated carbocycles. The number of ketones is 2. The van der Waals surface area contributed by atoms with Crippen molar-refractivity contribution in [2.24, 2.45) is 29.6 Å². The van der Waals surface area contributed by atoms with Crippen LogP contribution in [0.15, 0.2) is 0 Å². The number of methoxy groups -OCH3 is 2. The number of cyclic esters (lactones) is 1. The lowest BCUT2D eigenvalue weighted by Gasteiger charge is -2.42. The van der Waals surface area contributed by atoms with Crippen LogP contribution in [0.3, 0.4) is 0 Å². The minimum absolute atomic E-state index is 0.0679. The molecule has 9 nitrogen and oxygen atoms in total. The molecule has 0 bridgehead atoms. The molecule has 1 amide bonds. The van der Waals surface area contributed by atoms with Gasteiger partial charge in [-0.25, -0.2) is 4.79 Å². The van der Waals surface area contributed by atoms with Gasteiger partial charge in [0.25, 0.3) is 0 Å². The molecule has 2 saturated heterocycles. The predicted octanol–water partition coefficient (Wildman–Crippen LogP) is 3.62. The fourth-order valence-corrected chi connectivity index (χ4v) is 5.93. The summed E-state index contributed by atoms with van der Waals surface area (Å²) in [6.07, 6.45) is -0.785. The van der Waals surface area contributed by atoms with E-state index < -0.39 is 59.1 Å². The van der Waals surface area contributed by atoms with Crippen LogP contribution in [0.25, 0.3) is 0 Å². The molecule has 2 heterocycles. The van der Waals surface area contributed by atoms with Crippen LogP contribution in [-0.2, 0) is 33.3 Å². The quantitative estimate of drug-likeness (QED) is 0.428. The Morgan fingerprint density at radius 1 is 0.971 bits per heavy atom. The van der Waals surface area contributed by atoms with Gasteiger partial charge >= 0.3 is 12.1 Å². The number of fused-ring (bicyclic) bond motifs is 1. The Kier molecular flexibility index (Phi) is 9.14. The Balaban J connectivity index is 2.66. The number of nitrogens with zero attached hydrogens (tertiary/aromatic N) is 1. The van der Waals surface area contributed by atoms with Crippen molar-refractivity contribution in [3.63, 3.8) is 0 Å². The van der Waals surface area contributed by atoms with Crippen molar-refractivity contribution < 1.29 is 38.1 Å². The lowest BCUT2D eigenvalue weighted by molar-refractivity contribution is -0.172. The van der Waals surface area contributed by atoms with Gasteiger partial charge in [-0.05, 0) is 39.5 Å². The second-order valence-corrected chi connectivity index (χ2v) is 10.7. The standard InChI is InChI=1S/C26H43NO8/c1-11-19-26(8)22(27(13-32-9)24(31)35-26)16(4)20(28)14(2)12-25(7,33-10)18(6)15(3)21(29)17(5)23(30)34-19/h14-19,22H,11-13H2,1-10H3/t14-,15-,16+,17-,18-,19-,22-,25-,26-/m1/s1. The fourth-order valence-electron chi connectivity index (χ4n) is 5.93. The van der Waals surface area contributed by atoms with Gasteiger partial charge in [0.1, 0.15) is 30.3 Å². The normalized spacial score (nSPS) is 41.8. The van der Waals surface area contributed by atoms with E-state index in [-0.39, 0.29) is 24.2 Å². The number of hydrogen-bond donors (Lipinski definition) is 0.